The molecule has 2 aromatic rings. The SMILES string of the molecule is COc1ccc(C)cc1S(=O)(=O)Nc1cccc2c1CCNC2. The molecule has 0 saturated heterocycles. The zero-order chi connectivity index (χ0) is 16.4. The first-order valence-electron chi connectivity index (χ1n) is 7.50. The summed E-state index contributed by atoms with van der Waals surface area (Å²) in [5, 5.41) is 3.29. The summed E-state index contributed by atoms with van der Waals surface area (Å²) in [5.41, 5.74) is 3.70. The number of aryl methyl sites for hydroxylation is 1. The number of nitrogens with one attached hydrogen (secondary N) is 2. The van der Waals surface area contributed by atoms with E-state index in [0.29, 0.717) is 11.4 Å². The van der Waals surface area contributed by atoms with Crippen molar-refractivity contribution in [3.05, 3.63) is 53.1 Å². The Morgan fingerprint density at radius 2 is 2.04 bits per heavy atom. The molecule has 23 heavy (non-hydrogen) atoms. The monoisotopic (exact) mass is 332 g/mol. The van der Waals surface area contributed by atoms with Gasteiger partial charge in [0.05, 0.1) is 12.8 Å². The van der Waals surface area contributed by atoms with E-state index in [1.165, 1.54) is 7.11 Å². The highest BCUT2D eigenvalue weighted by Gasteiger charge is 2.22. The van der Waals surface area contributed by atoms with Crippen molar-refractivity contribution in [2.45, 2.75) is 24.8 Å². The Bertz CT molecular complexity index is 832. The maximum atomic E-state index is 12.8. The van der Waals surface area contributed by atoms with Crippen LogP contribution in [0, 0.1) is 6.92 Å². The van der Waals surface area contributed by atoms with Gasteiger partial charge in [-0.25, -0.2) is 8.42 Å². The normalized spacial score (nSPS) is 14.2. The number of rotatable bonds is 4. The summed E-state index contributed by atoms with van der Waals surface area (Å²) in [6, 6.07) is 10.8. The van der Waals surface area contributed by atoms with Crippen molar-refractivity contribution in [2.24, 2.45) is 0 Å². The molecule has 122 valence electrons. The quantitative estimate of drug-likeness (QED) is 0.902. The second-order valence-corrected chi connectivity index (χ2v) is 7.28. The Labute approximate surface area is 136 Å². The van der Waals surface area contributed by atoms with Crippen LogP contribution in [0.1, 0.15) is 16.7 Å². The number of hydrogen-bond donors (Lipinski definition) is 2. The molecular formula is C17H20N2O3S. The molecule has 0 saturated carbocycles. The molecule has 6 heteroatoms. The molecule has 2 aromatic carbocycles. The van der Waals surface area contributed by atoms with Crippen LogP contribution in [-0.2, 0) is 23.0 Å². The molecule has 0 fully saturated rings. The summed E-state index contributed by atoms with van der Waals surface area (Å²) < 4.78 is 33.6. The van der Waals surface area contributed by atoms with E-state index in [2.05, 4.69) is 10.0 Å². The molecule has 5 nitrogen and oxygen atoms in total. The summed E-state index contributed by atoms with van der Waals surface area (Å²) >= 11 is 0. The van der Waals surface area contributed by atoms with Crippen LogP contribution < -0.4 is 14.8 Å². The highest BCUT2D eigenvalue weighted by Crippen LogP contribution is 2.29. The molecule has 0 amide bonds. The number of methoxy groups -OCH3 is 1. The molecule has 3 rings (SSSR count). The Kier molecular flexibility index (Phi) is 4.28. The predicted octanol–water partition coefficient (Wildman–Crippen LogP) is 2.45. The Balaban J connectivity index is 2.01. The van der Waals surface area contributed by atoms with Gasteiger partial charge < -0.3 is 10.1 Å². The fourth-order valence-electron chi connectivity index (χ4n) is 2.82. The molecule has 2 N–H and O–H groups in total. The lowest BCUT2D eigenvalue weighted by molar-refractivity contribution is 0.402. The van der Waals surface area contributed by atoms with Crippen LogP contribution >= 0.6 is 0 Å². The van der Waals surface area contributed by atoms with Crippen LogP contribution in [0.25, 0.3) is 0 Å². The maximum Gasteiger partial charge on any atom is 0.265 e. The number of sulfonamides is 1. The predicted molar refractivity (Wildman–Crippen MR) is 90.4 cm³/mol. The largest absolute Gasteiger partial charge is 0.495 e. The minimum Gasteiger partial charge on any atom is -0.495 e. The van der Waals surface area contributed by atoms with E-state index in [9.17, 15) is 8.42 Å². The Morgan fingerprint density at radius 3 is 2.83 bits per heavy atom. The minimum atomic E-state index is -3.71. The Morgan fingerprint density at radius 1 is 1.22 bits per heavy atom. The lowest BCUT2D eigenvalue weighted by atomic mass is 9.99. The van der Waals surface area contributed by atoms with Crippen molar-refractivity contribution in [3.63, 3.8) is 0 Å². The number of fused-ring (bicyclic) bond motifs is 1. The second-order valence-electron chi connectivity index (χ2n) is 5.63. The summed E-state index contributed by atoms with van der Waals surface area (Å²) in [6.45, 7) is 3.46. The first-order chi connectivity index (χ1) is 11.0. The smallest absolute Gasteiger partial charge is 0.265 e. The number of ether oxygens (including phenoxy) is 1. The number of hydrogen-bond acceptors (Lipinski definition) is 4. The molecule has 1 heterocycles. The first kappa shape index (κ1) is 15.8. The molecular weight excluding hydrogens is 312 g/mol. The van der Waals surface area contributed by atoms with Gasteiger partial charge in [-0.05, 0) is 54.8 Å². The average molecular weight is 332 g/mol. The van der Waals surface area contributed by atoms with Crippen LogP contribution in [-0.4, -0.2) is 22.1 Å². The zero-order valence-corrected chi connectivity index (χ0v) is 14.0. The molecule has 1 aliphatic heterocycles. The summed E-state index contributed by atoms with van der Waals surface area (Å²) in [6.07, 6.45) is 0.805. The van der Waals surface area contributed by atoms with Gasteiger partial charge in [0, 0.05) is 6.54 Å². The maximum absolute atomic E-state index is 12.8. The zero-order valence-electron chi connectivity index (χ0n) is 13.2. The topological polar surface area (TPSA) is 67.4 Å². The summed E-state index contributed by atoms with van der Waals surface area (Å²) in [7, 11) is -2.24. The molecule has 0 aromatic heterocycles. The molecule has 0 aliphatic carbocycles. The summed E-state index contributed by atoms with van der Waals surface area (Å²) in [5.74, 6) is 0.342. The van der Waals surface area contributed by atoms with E-state index in [0.717, 1.165) is 36.2 Å². The van der Waals surface area contributed by atoms with Crippen molar-refractivity contribution in [3.8, 4) is 5.75 Å². The van der Waals surface area contributed by atoms with Gasteiger partial charge in [0.15, 0.2) is 0 Å². The van der Waals surface area contributed by atoms with Crippen LogP contribution in [0.5, 0.6) is 5.75 Å². The van der Waals surface area contributed by atoms with Gasteiger partial charge >= 0.3 is 0 Å². The molecule has 1 aliphatic rings. The molecule has 0 bridgehead atoms. The van der Waals surface area contributed by atoms with Gasteiger partial charge in [-0.15, -0.1) is 0 Å². The van der Waals surface area contributed by atoms with Crippen LogP contribution in [0.4, 0.5) is 5.69 Å². The van der Waals surface area contributed by atoms with Gasteiger partial charge in [0.1, 0.15) is 10.6 Å². The van der Waals surface area contributed by atoms with E-state index in [4.69, 9.17) is 4.74 Å². The third-order valence-corrected chi connectivity index (χ3v) is 5.38. The van der Waals surface area contributed by atoms with E-state index in [1.807, 2.05) is 31.2 Å². The molecule has 0 unspecified atom stereocenters. The first-order valence-corrected chi connectivity index (χ1v) is 8.98. The fourth-order valence-corrected chi connectivity index (χ4v) is 4.17. The molecule has 0 radical (unpaired) electrons. The Hall–Kier alpha value is -2.05. The third-order valence-electron chi connectivity index (χ3n) is 3.99. The van der Waals surface area contributed by atoms with E-state index in [1.54, 1.807) is 12.1 Å². The molecule has 0 spiro atoms. The molecule has 0 atom stereocenters. The van der Waals surface area contributed by atoms with Gasteiger partial charge in [-0.1, -0.05) is 18.2 Å². The van der Waals surface area contributed by atoms with E-state index < -0.39 is 10.0 Å². The van der Waals surface area contributed by atoms with Gasteiger partial charge in [0.2, 0.25) is 0 Å². The van der Waals surface area contributed by atoms with E-state index >= 15 is 0 Å². The highest BCUT2D eigenvalue weighted by atomic mass is 32.2. The average Bonchev–Trinajstić information content (AvgIpc) is 2.55. The van der Waals surface area contributed by atoms with E-state index in [-0.39, 0.29) is 4.90 Å². The van der Waals surface area contributed by atoms with Crippen molar-refractivity contribution < 1.29 is 13.2 Å². The van der Waals surface area contributed by atoms with Crippen molar-refractivity contribution in [2.75, 3.05) is 18.4 Å². The number of benzene rings is 2. The van der Waals surface area contributed by atoms with Crippen LogP contribution in [0.3, 0.4) is 0 Å². The highest BCUT2D eigenvalue weighted by molar-refractivity contribution is 7.92. The van der Waals surface area contributed by atoms with Gasteiger partial charge in [0.25, 0.3) is 10.0 Å². The van der Waals surface area contributed by atoms with Crippen LogP contribution in [0.15, 0.2) is 41.3 Å². The lowest BCUT2D eigenvalue weighted by Crippen LogP contribution is -2.25. The number of anilines is 1. The van der Waals surface area contributed by atoms with Crippen LogP contribution in [0.2, 0.25) is 0 Å². The van der Waals surface area contributed by atoms with Crippen molar-refractivity contribution >= 4 is 15.7 Å². The fraction of sp³-hybridized carbons (Fsp3) is 0.294. The van der Waals surface area contributed by atoms with Crippen molar-refractivity contribution in [1.82, 2.24) is 5.32 Å². The third kappa shape index (κ3) is 3.18. The summed E-state index contributed by atoms with van der Waals surface area (Å²) in [4.78, 5) is 0.159. The second kappa shape index (κ2) is 6.22. The standard InChI is InChI=1S/C17H20N2O3S/c1-12-6-7-16(22-2)17(10-12)23(20,21)19-15-5-3-4-13-11-18-9-8-14(13)15/h3-7,10,18-19H,8-9,11H2,1-2H3. The van der Waals surface area contributed by atoms with Crippen molar-refractivity contribution in [1.29, 1.82) is 0 Å². The minimum absolute atomic E-state index is 0.159. The lowest BCUT2D eigenvalue weighted by Gasteiger charge is -2.21. The van der Waals surface area contributed by atoms with Gasteiger partial charge in [-0.3, -0.25) is 4.72 Å². The van der Waals surface area contributed by atoms with Gasteiger partial charge in [-0.2, -0.15) is 0 Å².